The highest BCUT2D eigenvalue weighted by atomic mass is 16.6. The molecule has 0 spiro atoms. The predicted molar refractivity (Wildman–Crippen MR) is 74.6 cm³/mol. The Hall–Kier alpha value is -1.39. The van der Waals surface area contributed by atoms with Gasteiger partial charge in [-0.1, -0.05) is 30.3 Å². The monoisotopic (exact) mass is 265 g/mol. The summed E-state index contributed by atoms with van der Waals surface area (Å²) in [4.78, 5) is 11.7. The minimum absolute atomic E-state index is 0.435. The third-order valence-corrected chi connectivity index (χ3v) is 2.67. The molecule has 4 nitrogen and oxygen atoms in total. The smallest absolute Gasteiger partial charge is 0.326 e. The summed E-state index contributed by atoms with van der Waals surface area (Å²) in [6.45, 7) is 5.32. The van der Waals surface area contributed by atoms with E-state index < -0.39 is 23.7 Å². The maximum absolute atomic E-state index is 11.7. The quantitative estimate of drug-likeness (QED) is 0.794. The molecule has 4 heteroatoms. The molecule has 1 aromatic rings. The van der Waals surface area contributed by atoms with Crippen LogP contribution in [0, 0.1) is 0 Å². The van der Waals surface area contributed by atoms with Gasteiger partial charge in [0.1, 0.15) is 11.6 Å². The van der Waals surface area contributed by atoms with Crippen molar-refractivity contribution in [2.24, 2.45) is 5.73 Å². The number of aliphatic hydroxyl groups excluding tert-OH is 1. The Morgan fingerprint density at radius 1 is 1.32 bits per heavy atom. The van der Waals surface area contributed by atoms with E-state index in [2.05, 4.69) is 0 Å². The molecule has 0 radical (unpaired) electrons. The fourth-order valence-electron chi connectivity index (χ4n) is 1.67. The maximum Gasteiger partial charge on any atom is 0.326 e. The number of ether oxygens (including phenoxy) is 1. The van der Waals surface area contributed by atoms with E-state index in [1.165, 1.54) is 0 Å². The average molecular weight is 265 g/mol. The van der Waals surface area contributed by atoms with Gasteiger partial charge in [-0.05, 0) is 39.2 Å². The number of rotatable bonds is 5. The van der Waals surface area contributed by atoms with Gasteiger partial charge in [-0.25, -0.2) is 0 Å². The van der Waals surface area contributed by atoms with Crippen molar-refractivity contribution in [3.8, 4) is 0 Å². The highest BCUT2D eigenvalue weighted by Gasteiger charge is 2.27. The topological polar surface area (TPSA) is 72.5 Å². The summed E-state index contributed by atoms with van der Waals surface area (Å²) in [6.07, 6.45) is 0.221. The molecule has 0 heterocycles. The second-order valence-corrected chi connectivity index (χ2v) is 5.65. The molecule has 0 bridgehead atoms. The maximum atomic E-state index is 11.7. The minimum atomic E-state index is -0.997. The summed E-state index contributed by atoms with van der Waals surface area (Å²) < 4.78 is 5.15. The molecule has 0 aromatic heterocycles. The van der Waals surface area contributed by atoms with E-state index in [9.17, 15) is 9.90 Å². The zero-order chi connectivity index (χ0) is 14.5. The Morgan fingerprint density at radius 2 is 1.89 bits per heavy atom. The number of benzene rings is 1. The second-order valence-electron chi connectivity index (χ2n) is 5.65. The first-order valence-electron chi connectivity index (χ1n) is 6.50. The Kier molecular flexibility index (Phi) is 5.51. The average Bonchev–Trinajstić information content (AvgIpc) is 2.34. The zero-order valence-electron chi connectivity index (χ0n) is 11.8. The van der Waals surface area contributed by atoms with Gasteiger partial charge in [0.05, 0.1) is 6.10 Å². The number of carbonyl (C=O) groups excluding carboxylic acids is 1. The number of aliphatic hydroxyl groups is 1. The molecule has 19 heavy (non-hydrogen) atoms. The van der Waals surface area contributed by atoms with Crippen LogP contribution in [0.15, 0.2) is 30.3 Å². The number of esters is 1. The lowest BCUT2D eigenvalue weighted by atomic mass is 10.0. The third-order valence-electron chi connectivity index (χ3n) is 2.67. The molecule has 1 aromatic carbocycles. The van der Waals surface area contributed by atoms with Crippen molar-refractivity contribution in [3.05, 3.63) is 35.9 Å². The van der Waals surface area contributed by atoms with E-state index in [4.69, 9.17) is 10.5 Å². The van der Waals surface area contributed by atoms with Gasteiger partial charge >= 0.3 is 5.97 Å². The van der Waals surface area contributed by atoms with E-state index >= 15 is 0 Å². The first kappa shape index (κ1) is 15.7. The van der Waals surface area contributed by atoms with Crippen molar-refractivity contribution in [2.45, 2.75) is 51.4 Å². The van der Waals surface area contributed by atoms with E-state index in [-0.39, 0.29) is 0 Å². The van der Waals surface area contributed by atoms with Crippen LogP contribution in [0.2, 0.25) is 0 Å². The van der Waals surface area contributed by atoms with Crippen LogP contribution in [0.3, 0.4) is 0 Å². The van der Waals surface area contributed by atoms with Gasteiger partial charge in [-0.3, -0.25) is 4.79 Å². The first-order chi connectivity index (χ1) is 8.79. The molecule has 0 aliphatic rings. The molecular weight excluding hydrogens is 242 g/mol. The number of hydrogen-bond donors (Lipinski definition) is 2. The number of nitrogens with two attached hydrogens (primary N) is 1. The standard InChI is InChI=1S/C15H23NO3/c1-15(2,3)19-14(18)13(16)12(17)10-9-11-7-5-4-6-8-11/h4-8,12-13,17H,9-10,16H2,1-3H3/t12-,13-/m1/s1. The number of aryl methyl sites for hydroxylation is 1. The van der Waals surface area contributed by atoms with Gasteiger partial charge in [0.15, 0.2) is 0 Å². The molecule has 0 aliphatic carbocycles. The van der Waals surface area contributed by atoms with Crippen molar-refractivity contribution in [1.29, 1.82) is 0 Å². The number of hydrogen-bond acceptors (Lipinski definition) is 4. The molecule has 0 fully saturated rings. The van der Waals surface area contributed by atoms with Crippen LogP contribution in [0.25, 0.3) is 0 Å². The fourth-order valence-corrected chi connectivity index (χ4v) is 1.67. The van der Waals surface area contributed by atoms with Crippen molar-refractivity contribution in [2.75, 3.05) is 0 Å². The Labute approximate surface area is 114 Å². The zero-order valence-corrected chi connectivity index (χ0v) is 11.8. The van der Waals surface area contributed by atoms with E-state index in [1.807, 2.05) is 30.3 Å². The summed E-state index contributed by atoms with van der Waals surface area (Å²) in [5.74, 6) is -0.562. The number of carbonyl (C=O) groups is 1. The fraction of sp³-hybridized carbons (Fsp3) is 0.533. The van der Waals surface area contributed by atoms with Crippen molar-refractivity contribution in [1.82, 2.24) is 0 Å². The highest BCUT2D eigenvalue weighted by molar-refractivity contribution is 5.76. The van der Waals surface area contributed by atoms with Crippen LogP contribution in [0.4, 0.5) is 0 Å². The van der Waals surface area contributed by atoms with Crippen LogP contribution >= 0.6 is 0 Å². The minimum Gasteiger partial charge on any atom is -0.459 e. The lowest BCUT2D eigenvalue weighted by molar-refractivity contribution is -0.159. The second kappa shape index (κ2) is 6.68. The predicted octanol–water partition coefficient (Wildman–Crippen LogP) is 1.65. The normalized spacial score (nSPS) is 14.8. The third kappa shape index (κ3) is 5.85. The molecule has 2 atom stereocenters. The largest absolute Gasteiger partial charge is 0.459 e. The summed E-state index contributed by atoms with van der Waals surface area (Å²) in [6, 6.07) is 8.78. The van der Waals surface area contributed by atoms with Gasteiger partial charge in [-0.2, -0.15) is 0 Å². The van der Waals surface area contributed by atoms with Crippen LogP contribution in [-0.2, 0) is 16.0 Å². The molecule has 0 unspecified atom stereocenters. The summed E-state index contributed by atoms with van der Waals surface area (Å²) in [5.41, 5.74) is 6.23. The van der Waals surface area contributed by atoms with Crippen LogP contribution in [0.1, 0.15) is 32.8 Å². The van der Waals surface area contributed by atoms with Crippen LogP contribution in [-0.4, -0.2) is 28.8 Å². The lowest BCUT2D eigenvalue weighted by Crippen LogP contribution is -2.45. The molecule has 0 amide bonds. The molecule has 0 saturated heterocycles. The Morgan fingerprint density at radius 3 is 2.42 bits per heavy atom. The Bertz CT molecular complexity index is 398. The molecule has 3 N–H and O–H groups in total. The van der Waals surface area contributed by atoms with E-state index in [0.29, 0.717) is 12.8 Å². The van der Waals surface area contributed by atoms with E-state index in [1.54, 1.807) is 20.8 Å². The summed E-state index contributed by atoms with van der Waals surface area (Å²) in [7, 11) is 0. The van der Waals surface area contributed by atoms with Crippen molar-refractivity contribution in [3.63, 3.8) is 0 Å². The van der Waals surface area contributed by atoms with Gasteiger partial charge in [0.25, 0.3) is 0 Å². The van der Waals surface area contributed by atoms with Crippen molar-refractivity contribution >= 4 is 5.97 Å². The molecule has 0 saturated carbocycles. The Balaban J connectivity index is 2.44. The molecule has 1 rings (SSSR count). The van der Waals surface area contributed by atoms with Crippen LogP contribution < -0.4 is 5.73 Å². The van der Waals surface area contributed by atoms with Crippen LogP contribution in [0.5, 0.6) is 0 Å². The van der Waals surface area contributed by atoms with Gasteiger partial charge in [-0.15, -0.1) is 0 Å². The van der Waals surface area contributed by atoms with E-state index in [0.717, 1.165) is 5.56 Å². The lowest BCUT2D eigenvalue weighted by Gasteiger charge is -2.24. The van der Waals surface area contributed by atoms with Crippen molar-refractivity contribution < 1.29 is 14.6 Å². The summed E-state index contributed by atoms with van der Waals surface area (Å²) >= 11 is 0. The highest BCUT2D eigenvalue weighted by Crippen LogP contribution is 2.11. The molecule has 0 aliphatic heterocycles. The molecular formula is C15H23NO3. The summed E-state index contributed by atoms with van der Waals surface area (Å²) in [5, 5.41) is 9.92. The SMILES string of the molecule is CC(C)(C)OC(=O)[C@H](N)[C@H](O)CCc1ccccc1. The first-order valence-corrected chi connectivity index (χ1v) is 6.50. The van der Waals surface area contributed by atoms with Gasteiger partial charge < -0.3 is 15.6 Å². The molecule has 106 valence electrons. The van der Waals surface area contributed by atoms with Gasteiger partial charge in [0, 0.05) is 0 Å². The van der Waals surface area contributed by atoms with Gasteiger partial charge in [0.2, 0.25) is 0 Å².